The fourth-order valence-corrected chi connectivity index (χ4v) is 5.88. The van der Waals surface area contributed by atoms with Crippen LogP contribution in [0.1, 0.15) is 43.3 Å². The van der Waals surface area contributed by atoms with Crippen LogP contribution in [0.25, 0.3) is 33.2 Å². The van der Waals surface area contributed by atoms with Crippen LogP contribution in [-0.2, 0) is 32.2 Å². The van der Waals surface area contributed by atoms with E-state index in [1.807, 2.05) is 0 Å². The molecule has 0 radical (unpaired) electrons. The van der Waals surface area contributed by atoms with Gasteiger partial charge in [0, 0.05) is 49.2 Å². The van der Waals surface area contributed by atoms with E-state index in [-0.39, 0.29) is 0 Å². The molecule has 0 unspecified atom stereocenters. The van der Waals surface area contributed by atoms with Crippen LogP contribution in [0.5, 0.6) is 0 Å². The topological polar surface area (TPSA) is 58.0 Å². The van der Waals surface area contributed by atoms with Gasteiger partial charge in [-0.05, 0) is 62.7 Å². The maximum absolute atomic E-state index is 5.45. The van der Waals surface area contributed by atoms with Crippen molar-refractivity contribution in [1.29, 1.82) is 0 Å². The molecule has 42 heavy (non-hydrogen) atoms. The van der Waals surface area contributed by atoms with E-state index in [4.69, 9.17) is 9.97 Å². The highest BCUT2D eigenvalue weighted by molar-refractivity contribution is 6.11. The van der Waals surface area contributed by atoms with Crippen molar-refractivity contribution >= 4 is 27.6 Å². The molecule has 2 aromatic heterocycles. The van der Waals surface area contributed by atoms with Crippen LogP contribution in [0, 0.1) is 0 Å². The number of fused-ring (bicyclic) bond motifs is 3. The molecule has 5 rings (SSSR count). The van der Waals surface area contributed by atoms with E-state index < -0.39 is 0 Å². The number of likely N-dealkylation sites (N-methyl/N-ethyl adjacent to an activating group) is 1. The van der Waals surface area contributed by atoms with Crippen molar-refractivity contribution in [2.24, 2.45) is 0 Å². The number of imidazole rings is 1. The lowest BCUT2D eigenvalue weighted by molar-refractivity contribution is 0.425. The molecule has 0 saturated carbocycles. The number of nitrogens with zero attached hydrogens (tertiary/aromatic N) is 4. The van der Waals surface area contributed by atoms with Gasteiger partial charge < -0.3 is 20.1 Å². The Labute approximate surface area is 251 Å². The highest BCUT2D eigenvalue weighted by Crippen LogP contribution is 2.38. The molecule has 0 fully saturated rings. The fourth-order valence-electron chi connectivity index (χ4n) is 5.88. The summed E-state index contributed by atoms with van der Waals surface area (Å²) in [5.41, 5.74) is 10.5. The van der Waals surface area contributed by atoms with Gasteiger partial charge in [0.1, 0.15) is 17.0 Å². The molecule has 0 bridgehead atoms. The molecular formula is C36H46N6. The normalized spacial score (nSPS) is 11.7. The van der Waals surface area contributed by atoms with Crippen molar-refractivity contribution in [2.45, 2.75) is 53.0 Å². The van der Waals surface area contributed by atoms with Gasteiger partial charge in [-0.1, -0.05) is 81.4 Å². The molecule has 3 aromatic carbocycles. The molecule has 220 valence electrons. The molecule has 6 nitrogen and oxygen atoms in total. The lowest BCUT2D eigenvalue weighted by Gasteiger charge is -2.17. The van der Waals surface area contributed by atoms with Gasteiger partial charge in [0.05, 0.1) is 11.0 Å². The number of anilines is 1. The first kappa shape index (κ1) is 29.7. The van der Waals surface area contributed by atoms with Gasteiger partial charge in [0.25, 0.3) is 0 Å². The molecule has 0 atom stereocenters. The fraction of sp³-hybridized carbons (Fsp3) is 0.389. The van der Waals surface area contributed by atoms with Crippen LogP contribution in [0.3, 0.4) is 0 Å². The summed E-state index contributed by atoms with van der Waals surface area (Å²) in [6.07, 6.45) is 3.80. The van der Waals surface area contributed by atoms with E-state index in [0.717, 1.165) is 92.2 Å². The lowest BCUT2D eigenvalue weighted by Crippen LogP contribution is -2.23. The number of rotatable bonds is 14. The van der Waals surface area contributed by atoms with Crippen molar-refractivity contribution in [3.05, 3.63) is 89.2 Å². The van der Waals surface area contributed by atoms with E-state index in [2.05, 4.69) is 122 Å². The number of aryl methyl sites for hydroxylation is 3. The summed E-state index contributed by atoms with van der Waals surface area (Å²) >= 11 is 0. The maximum atomic E-state index is 5.45. The quantitative estimate of drug-likeness (QED) is 0.147. The van der Waals surface area contributed by atoms with Crippen LogP contribution in [0.15, 0.2) is 66.7 Å². The van der Waals surface area contributed by atoms with Gasteiger partial charge >= 0.3 is 0 Å². The number of hydrogen-bond acceptors (Lipinski definition) is 5. The monoisotopic (exact) mass is 562 g/mol. The van der Waals surface area contributed by atoms with Crippen molar-refractivity contribution in [3.63, 3.8) is 0 Å². The first-order chi connectivity index (χ1) is 20.5. The van der Waals surface area contributed by atoms with Crippen LogP contribution in [-0.4, -0.2) is 59.7 Å². The van der Waals surface area contributed by atoms with E-state index in [9.17, 15) is 0 Å². The number of nitrogens with one attached hydrogen (secondary N) is 2. The van der Waals surface area contributed by atoms with E-state index >= 15 is 0 Å². The SMILES string of the molecule is CCc1ccc(CC)c2c1nc(-c1ccccc1NCCN(C)C)c1nc(CC)n(CCNCCc3ccccc3)c12. The molecular weight excluding hydrogens is 516 g/mol. The zero-order chi connectivity index (χ0) is 29.5. The van der Waals surface area contributed by atoms with E-state index in [1.54, 1.807) is 0 Å². The Kier molecular flexibility index (Phi) is 9.88. The molecule has 2 heterocycles. The second-order valence-electron chi connectivity index (χ2n) is 11.3. The Bertz CT molecular complexity index is 1620. The van der Waals surface area contributed by atoms with Crippen molar-refractivity contribution < 1.29 is 0 Å². The standard InChI is InChI=1S/C36H46N6/c1-6-27-18-19-28(7-2)33-32(27)36-35(34(40-33)29-16-12-13-17-30(29)38-23-24-41(4)5)39-31(8-3)42(36)25-22-37-21-20-26-14-10-9-11-15-26/h9-19,37-38H,6-8,20-25H2,1-5H3. The van der Waals surface area contributed by atoms with E-state index in [1.165, 1.54) is 27.6 Å². The molecule has 0 spiro atoms. The summed E-state index contributed by atoms with van der Waals surface area (Å²) in [5, 5.41) is 8.64. The number of pyridine rings is 1. The highest BCUT2D eigenvalue weighted by Gasteiger charge is 2.22. The third-order valence-corrected chi connectivity index (χ3v) is 8.16. The zero-order valence-corrected chi connectivity index (χ0v) is 26.0. The smallest absolute Gasteiger partial charge is 0.116 e. The minimum atomic E-state index is 0.865. The van der Waals surface area contributed by atoms with Gasteiger partial charge in [-0.3, -0.25) is 0 Å². The number of benzene rings is 3. The maximum Gasteiger partial charge on any atom is 0.116 e. The average Bonchev–Trinajstić information content (AvgIpc) is 3.39. The second kappa shape index (κ2) is 14.0. The van der Waals surface area contributed by atoms with E-state index in [0.29, 0.717) is 0 Å². The molecule has 6 heteroatoms. The largest absolute Gasteiger partial charge is 0.383 e. The lowest BCUT2D eigenvalue weighted by atomic mass is 9.97. The number of para-hydroxylation sites is 1. The van der Waals surface area contributed by atoms with Crippen molar-refractivity contribution in [1.82, 2.24) is 24.8 Å². The molecule has 0 aliphatic carbocycles. The Balaban J connectivity index is 1.61. The first-order valence-corrected chi connectivity index (χ1v) is 15.6. The highest BCUT2D eigenvalue weighted by atomic mass is 15.1. The Hall–Kier alpha value is -3.74. The second-order valence-corrected chi connectivity index (χ2v) is 11.3. The Morgan fingerprint density at radius 1 is 0.738 bits per heavy atom. The third kappa shape index (κ3) is 6.35. The molecule has 0 aliphatic heterocycles. The van der Waals surface area contributed by atoms with Crippen LogP contribution in [0.4, 0.5) is 5.69 Å². The van der Waals surface area contributed by atoms with Crippen molar-refractivity contribution in [3.8, 4) is 11.3 Å². The number of hydrogen-bond donors (Lipinski definition) is 2. The van der Waals surface area contributed by atoms with Gasteiger partial charge in [0.2, 0.25) is 0 Å². The molecule has 5 aromatic rings. The summed E-state index contributed by atoms with van der Waals surface area (Å²) in [6.45, 7) is 11.2. The number of aromatic nitrogens is 3. The minimum Gasteiger partial charge on any atom is -0.383 e. The van der Waals surface area contributed by atoms with Gasteiger partial charge in [-0.2, -0.15) is 0 Å². The summed E-state index contributed by atoms with van der Waals surface area (Å²) in [7, 11) is 4.21. The summed E-state index contributed by atoms with van der Waals surface area (Å²) in [5.74, 6) is 1.12. The molecule has 2 N–H and O–H groups in total. The van der Waals surface area contributed by atoms with Crippen LogP contribution >= 0.6 is 0 Å². The molecule has 0 saturated heterocycles. The third-order valence-electron chi connectivity index (χ3n) is 8.16. The predicted octanol–water partition coefficient (Wildman–Crippen LogP) is 6.74. The Morgan fingerprint density at radius 3 is 2.21 bits per heavy atom. The average molecular weight is 563 g/mol. The summed E-state index contributed by atoms with van der Waals surface area (Å²) in [4.78, 5) is 13.0. The summed E-state index contributed by atoms with van der Waals surface area (Å²) < 4.78 is 2.47. The zero-order valence-electron chi connectivity index (χ0n) is 26.0. The minimum absolute atomic E-state index is 0.865. The Morgan fingerprint density at radius 2 is 1.48 bits per heavy atom. The molecule has 0 amide bonds. The van der Waals surface area contributed by atoms with Crippen LogP contribution in [0.2, 0.25) is 0 Å². The van der Waals surface area contributed by atoms with Gasteiger partial charge in [-0.15, -0.1) is 0 Å². The van der Waals surface area contributed by atoms with Crippen molar-refractivity contribution in [2.75, 3.05) is 45.6 Å². The summed E-state index contributed by atoms with van der Waals surface area (Å²) in [6, 6.07) is 23.9. The first-order valence-electron chi connectivity index (χ1n) is 15.6. The van der Waals surface area contributed by atoms with Gasteiger partial charge in [0.15, 0.2) is 0 Å². The predicted molar refractivity (Wildman–Crippen MR) is 179 cm³/mol. The van der Waals surface area contributed by atoms with Crippen LogP contribution < -0.4 is 10.6 Å². The molecule has 0 aliphatic rings. The van der Waals surface area contributed by atoms with Gasteiger partial charge in [-0.25, -0.2) is 9.97 Å².